The molecule has 1 atom stereocenters. The summed E-state index contributed by atoms with van der Waals surface area (Å²) >= 11 is 0. The Morgan fingerprint density at radius 1 is 1.33 bits per heavy atom. The van der Waals surface area contributed by atoms with Crippen molar-refractivity contribution in [1.82, 2.24) is 4.90 Å². The Hall–Kier alpha value is -1.63. The summed E-state index contributed by atoms with van der Waals surface area (Å²) in [5, 5.41) is 0. The normalized spacial score (nSPS) is 17.6. The average Bonchev–Trinajstić information content (AvgIpc) is 2.52. The molecule has 134 valence electrons. The highest BCUT2D eigenvalue weighted by atomic mass is 32.2. The number of anilines is 1. The zero-order chi connectivity index (χ0) is 17.9. The smallest absolute Gasteiger partial charge is 0.246 e. The van der Waals surface area contributed by atoms with Crippen LogP contribution in [0, 0.1) is 11.7 Å². The molecule has 0 N–H and O–H groups in total. The molecule has 1 aromatic rings. The number of carbonyl (C=O) groups excluding carboxylic acids is 1. The van der Waals surface area contributed by atoms with E-state index in [1.807, 2.05) is 0 Å². The maximum atomic E-state index is 14.2. The third kappa shape index (κ3) is 4.06. The monoisotopic (exact) mass is 356 g/mol. The summed E-state index contributed by atoms with van der Waals surface area (Å²) in [6.07, 6.45) is 3.10. The number of hydrogen-bond donors (Lipinski definition) is 0. The van der Waals surface area contributed by atoms with Gasteiger partial charge in [0.1, 0.15) is 11.9 Å². The number of rotatable bonds is 5. The second kappa shape index (κ2) is 7.51. The van der Waals surface area contributed by atoms with Crippen LogP contribution in [0.15, 0.2) is 24.3 Å². The number of nitrogens with zero attached hydrogens (tertiary/aromatic N) is 2. The van der Waals surface area contributed by atoms with Crippen LogP contribution >= 0.6 is 0 Å². The van der Waals surface area contributed by atoms with Gasteiger partial charge in [0.2, 0.25) is 15.9 Å². The van der Waals surface area contributed by atoms with Gasteiger partial charge in [-0.2, -0.15) is 0 Å². The summed E-state index contributed by atoms with van der Waals surface area (Å²) in [7, 11) is -3.80. The van der Waals surface area contributed by atoms with Gasteiger partial charge in [0.05, 0.1) is 11.9 Å². The summed E-state index contributed by atoms with van der Waals surface area (Å²) in [6.45, 7) is 5.12. The SMILES string of the molecule is CC[C@@H](C(=O)N1CCC(C)CC1)N(c1ccccc1F)S(C)(=O)=O. The van der Waals surface area contributed by atoms with Crippen molar-refractivity contribution in [1.29, 1.82) is 0 Å². The molecule has 1 fully saturated rings. The van der Waals surface area contributed by atoms with Gasteiger partial charge >= 0.3 is 0 Å². The first-order valence-corrected chi connectivity index (χ1v) is 10.1. The van der Waals surface area contributed by atoms with E-state index < -0.39 is 21.9 Å². The molecule has 1 aliphatic rings. The van der Waals surface area contributed by atoms with E-state index in [9.17, 15) is 17.6 Å². The number of para-hydroxylation sites is 1. The van der Waals surface area contributed by atoms with Crippen LogP contribution in [0.1, 0.15) is 33.1 Å². The minimum Gasteiger partial charge on any atom is -0.341 e. The topological polar surface area (TPSA) is 57.7 Å². The van der Waals surface area contributed by atoms with Crippen LogP contribution in [-0.2, 0) is 14.8 Å². The molecule has 1 aliphatic heterocycles. The number of carbonyl (C=O) groups is 1. The second-order valence-electron chi connectivity index (χ2n) is 6.44. The Morgan fingerprint density at radius 2 is 1.92 bits per heavy atom. The van der Waals surface area contributed by atoms with E-state index in [0.29, 0.717) is 19.0 Å². The minimum atomic E-state index is -3.80. The fourth-order valence-electron chi connectivity index (χ4n) is 3.09. The van der Waals surface area contributed by atoms with Gasteiger partial charge in [-0.25, -0.2) is 12.8 Å². The van der Waals surface area contributed by atoms with Crippen molar-refractivity contribution >= 4 is 21.6 Å². The van der Waals surface area contributed by atoms with Crippen LogP contribution in [-0.4, -0.2) is 44.6 Å². The number of sulfonamides is 1. The molecule has 0 radical (unpaired) electrons. The van der Waals surface area contributed by atoms with E-state index in [1.165, 1.54) is 18.2 Å². The Morgan fingerprint density at radius 3 is 2.42 bits per heavy atom. The van der Waals surface area contributed by atoms with Crippen molar-refractivity contribution in [3.8, 4) is 0 Å². The predicted octanol–water partition coefficient (Wildman–Crippen LogP) is 2.63. The van der Waals surface area contributed by atoms with E-state index in [1.54, 1.807) is 17.9 Å². The predicted molar refractivity (Wildman–Crippen MR) is 92.8 cm³/mol. The quantitative estimate of drug-likeness (QED) is 0.815. The molecule has 1 saturated heterocycles. The molecular weight excluding hydrogens is 331 g/mol. The second-order valence-corrected chi connectivity index (χ2v) is 8.30. The Labute approximate surface area is 143 Å². The molecule has 0 saturated carbocycles. The lowest BCUT2D eigenvalue weighted by Gasteiger charge is -2.37. The fourth-order valence-corrected chi connectivity index (χ4v) is 4.30. The molecule has 1 heterocycles. The molecule has 0 aromatic heterocycles. The van der Waals surface area contributed by atoms with Crippen molar-refractivity contribution in [3.63, 3.8) is 0 Å². The lowest BCUT2D eigenvalue weighted by molar-refractivity contribution is -0.133. The Kier molecular flexibility index (Phi) is 5.85. The lowest BCUT2D eigenvalue weighted by atomic mass is 9.98. The number of likely N-dealkylation sites (tertiary alicyclic amines) is 1. The third-order valence-electron chi connectivity index (χ3n) is 4.50. The number of hydrogen-bond acceptors (Lipinski definition) is 3. The van der Waals surface area contributed by atoms with E-state index in [4.69, 9.17) is 0 Å². The summed E-state index contributed by atoms with van der Waals surface area (Å²) in [6, 6.07) is 4.73. The van der Waals surface area contributed by atoms with Crippen molar-refractivity contribution in [2.45, 2.75) is 39.2 Å². The fraction of sp³-hybridized carbons (Fsp3) is 0.588. The molecule has 2 rings (SSSR count). The first-order valence-electron chi connectivity index (χ1n) is 8.28. The van der Waals surface area contributed by atoms with Crippen LogP contribution in [0.3, 0.4) is 0 Å². The molecule has 0 bridgehead atoms. The number of piperidine rings is 1. The summed E-state index contributed by atoms with van der Waals surface area (Å²) < 4.78 is 39.8. The molecular formula is C17H25FN2O3S. The molecule has 0 aliphatic carbocycles. The van der Waals surface area contributed by atoms with Crippen LogP contribution in [0.2, 0.25) is 0 Å². The first kappa shape index (κ1) is 18.7. The van der Waals surface area contributed by atoms with Crippen LogP contribution in [0.5, 0.6) is 0 Å². The van der Waals surface area contributed by atoms with Crippen LogP contribution < -0.4 is 4.31 Å². The summed E-state index contributed by atoms with van der Waals surface area (Å²) in [4.78, 5) is 14.6. The van der Waals surface area contributed by atoms with Crippen molar-refractivity contribution in [2.24, 2.45) is 5.92 Å². The van der Waals surface area contributed by atoms with Crippen molar-refractivity contribution < 1.29 is 17.6 Å². The Bertz CT molecular complexity index is 685. The van der Waals surface area contributed by atoms with E-state index in [-0.39, 0.29) is 18.0 Å². The maximum absolute atomic E-state index is 14.2. The highest BCUT2D eigenvalue weighted by Crippen LogP contribution is 2.27. The van der Waals surface area contributed by atoms with E-state index >= 15 is 0 Å². The first-order chi connectivity index (χ1) is 11.3. The average molecular weight is 356 g/mol. The molecule has 1 amide bonds. The van der Waals surface area contributed by atoms with Gasteiger partial charge in [-0.15, -0.1) is 0 Å². The van der Waals surface area contributed by atoms with Crippen molar-refractivity contribution in [2.75, 3.05) is 23.7 Å². The Balaban J connectivity index is 2.36. The van der Waals surface area contributed by atoms with Gasteiger partial charge in [-0.05, 0) is 37.3 Å². The molecule has 24 heavy (non-hydrogen) atoms. The zero-order valence-electron chi connectivity index (χ0n) is 14.4. The summed E-state index contributed by atoms with van der Waals surface area (Å²) in [5.74, 6) is -0.341. The van der Waals surface area contributed by atoms with Crippen LogP contribution in [0.4, 0.5) is 10.1 Å². The lowest BCUT2D eigenvalue weighted by Crippen LogP contribution is -2.52. The van der Waals surface area contributed by atoms with Crippen molar-refractivity contribution in [3.05, 3.63) is 30.1 Å². The van der Waals surface area contributed by atoms with E-state index in [0.717, 1.165) is 23.4 Å². The summed E-state index contributed by atoms with van der Waals surface area (Å²) in [5.41, 5.74) is -0.0782. The molecule has 0 unspecified atom stereocenters. The molecule has 1 aromatic carbocycles. The zero-order valence-corrected chi connectivity index (χ0v) is 15.2. The third-order valence-corrected chi connectivity index (χ3v) is 5.66. The highest BCUT2D eigenvalue weighted by Gasteiger charge is 2.36. The highest BCUT2D eigenvalue weighted by molar-refractivity contribution is 7.92. The van der Waals surface area contributed by atoms with Gasteiger partial charge in [-0.3, -0.25) is 9.10 Å². The number of benzene rings is 1. The van der Waals surface area contributed by atoms with Gasteiger partial charge < -0.3 is 4.90 Å². The van der Waals surface area contributed by atoms with Gasteiger partial charge in [0, 0.05) is 13.1 Å². The largest absolute Gasteiger partial charge is 0.341 e. The molecule has 0 spiro atoms. The van der Waals surface area contributed by atoms with Gasteiger partial charge in [0.25, 0.3) is 0 Å². The van der Waals surface area contributed by atoms with E-state index in [2.05, 4.69) is 6.92 Å². The maximum Gasteiger partial charge on any atom is 0.246 e. The molecule has 5 nitrogen and oxygen atoms in total. The number of amides is 1. The standard InChI is InChI=1S/C17H25FN2O3S/c1-4-15(17(21)19-11-9-13(2)10-12-19)20(24(3,22)23)16-8-6-5-7-14(16)18/h5-8,13,15H,4,9-12H2,1-3H3/t15-/m0/s1. The van der Waals surface area contributed by atoms with Crippen LogP contribution in [0.25, 0.3) is 0 Å². The minimum absolute atomic E-state index is 0.0782. The molecule has 7 heteroatoms. The number of halogens is 1. The van der Waals surface area contributed by atoms with Gasteiger partial charge in [-0.1, -0.05) is 26.0 Å². The van der Waals surface area contributed by atoms with Gasteiger partial charge in [0.15, 0.2) is 0 Å².